The summed E-state index contributed by atoms with van der Waals surface area (Å²) in [5.74, 6) is 0.392. The zero-order chi connectivity index (χ0) is 15.2. The van der Waals surface area contributed by atoms with E-state index in [1.807, 2.05) is 0 Å². The van der Waals surface area contributed by atoms with Crippen LogP contribution in [0.3, 0.4) is 0 Å². The van der Waals surface area contributed by atoms with Crippen molar-refractivity contribution < 1.29 is 14.3 Å². The van der Waals surface area contributed by atoms with E-state index in [9.17, 15) is 9.59 Å². The summed E-state index contributed by atoms with van der Waals surface area (Å²) >= 11 is 3.33. The predicted octanol–water partition coefficient (Wildman–Crippen LogP) is 2.25. The number of nitrogens with one attached hydrogen (secondary N) is 2. The van der Waals surface area contributed by atoms with Crippen LogP contribution in [0.25, 0.3) is 0 Å². The number of carbonyl (C=O) groups excluding carboxylic acids is 2. The van der Waals surface area contributed by atoms with Crippen molar-refractivity contribution in [2.75, 3.05) is 13.7 Å². The highest BCUT2D eigenvalue weighted by atomic mass is 79.9. The number of hydrogen-bond acceptors (Lipinski definition) is 3. The summed E-state index contributed by atoms with van der Waals surface area (Å²) in [6, 6.07) is 5.63. The van der Waals surface area contributed by atoms with Crippen LogP contribution in [0, 0.1) is 0 Å². The molecule has 1 aromatic rings. The van der Waals surface area contributed by atoms with Gasteiger partial charge in [0, 0.05) is 23.5 Å². The van der Waals surface area contributed by atoms with Crippen LogP contribution in [-0.2, 0) is 4.79 Å². The Morgan fingerprint density at radius 1 is 1.38 bits per heavy atom. The Hall–Kier alpha value is -1.56. The number of methoxy groups -OCH3 is 1. The second-order valence-corrected chi connectivity index (χ2v) is 5.96. The minimum Gasteiger partial charge on any atom is -0.496 e. The molecular formula is C15H19BrN2O3. The number of hydrogen-bond donors (Lipinski definition) is 2. The molecule has 0 bridgehead atoms. The lowest BCUT2D eigenvalue weighted by Crippen LogP contribution is -2.28. The molecule has 2 amide bonds. The lowest BCUT2D eigenvalue weighted by atomic mass is 10.2. The first kappa shape index (κ1) is 15.8. The number of carbonyl (C=O) groups is 2. The van der Waals surface area contributed by atoms with Crippen LogP contribution in [0.15, 0.2) is 22.7 Å². The lowest BCUT2D eigenvalue weighted by molar-refractivity contribution is -0.121. The molecule has 0 aliphatic heterocycles. The molecule has 0 aromatic heterocycles. The molecule has 1 aliphatic carbocycles. The Morgan fingerprint density at radius 3 is 2.81 bits per heavy atom. The van der Waals surface area contributed by atoms with Crippen LogP contribution >= 0.6 is 15.9 Å². The highest BCUT2D eigenvalue weighted by molar-refractivity contribution is 9.10. The summed E-state index contributed by atoms with van der Waals surface area (Å²) in [6.07, 6.45) is 3.25. The van der Waals surface area contributed by atoms with Crippen molar-refractivity contribution in [2.24, 2.45) is 0 Å². The maximum Gasteiger partial charge on any atom is 0.255 e. The van der Waals surface area contributed by atoms with Gasteiger partial charge in [-0.25, -0.2) is 0 Å². The maximum absolute atomic E-state index is 12.1. The van der Waals surface area contributed by atoms with E-state index in [1.54, 1.807) is 18.2 Å². The van der Waals surface area contributed by atoms with E-state index in [-0.39, 0.29) is 11.8 Å². The molecule has 0 spiro atoms. The normalized spacial score (nSPS) is 13.6. The largest absolute Gasteiger partial charge is 0.496 e. The third-order valence-corrected chi connectivity index (χ3v) is 3.71. The van der Waals surface area contributed by atoms with Gasteiger partial charge in [0.1, 0.15) is 5.75 Å². The number of ether oxygens (including phenoxy) is 1. The molecule has 6 heteroatoms. The summed E-state index contributed by atoms with van der Waals surface area (Å²) in [6.45, 7) is 0.468. The number of amides is 2. The monoisotopic (exact) mass is 354 g/mol. The molecule has 0 heterocycles. The topological polar surface area (TPSA) is 67.4 Å². The van der Waals surface area contributed by atoms with Gasteiger partial charge in [0.15, 0.2) is 0 Å². The van der Waals surface area contributed by atoms with E-state index in [1.165, 1.54) is 7.11 Å². The van der Waals surface area contributed by atoms with Crippen LogP contribution in [0.5, 0.6) is 5.75 Å². The third-order valence-electron chi connectivity index (χ3n) is 3.22. The highest BCUT2D eigenvalue weighted by Crippen LogP contribution is 2.23. The molecule has 5 nitrogen and oxygen atoms in total. The van der Waals surface area contributed by atoms with Gasteiger partial charge in [-0.3, -0.25) is 9.59 Å². The zero-order valence-corrected chi connectivity index (χ0v) is 13.5. The fraction of sp³-hybridized carbons (Fsp3) is 0.467. The van der Waals surface area contributed by atoms with Gasteiger partial charge >= 0.3 is 0 Å². The minimum atomic E-state index is -0.193. The molecule has 2 N–H and O–H groups in total. The van der Waals surface area contributed by atoms with Crippen molar-refractivity contribution in [2.45, 2.75) is 31.7 Å². The van der Waals surface area contributed by atoms with Gasteiger partial charge in [0.2, 0.25) is 5.91 Å². The van der Waals surface area contributed by atoms with Crippen LogP contribution in [-0.4, -0.2) is 31.5 Å². The Balaban J connectivity index is 1.75. The molecule has 1 fully saturated rings. The van der Waals surface area contributed by atoms with E-state index in [4.69, 9.17) is 4.74 Å². The molecule has 0 radical (unpaired) electrons. The van der Waals surface area contributed by atoms with Crippen molar-refractivity contribution in [1.82, 2.24) is 10.6 Å². The molecule has 0 saturated heterocycles. The number of halogens is 1. The van der Waals surface area contributed by atoms with E-state index in [2.05, 4.69) is 26.6 Å². The quantitative estimate of drug-likeness (QED) is 0.738. The predicted molar refractivity (Wildman–Crippen MR) is 83.4 cm³/mol. The van der Waals surface area contributed by atoms with E-state index >= 15 is 0 Å². The fourth-order valence-corrected chi connectivity index (χ4v) is 2.27. The van der Waals surface area contributed by atoms with Gasteiger partial charge in [0.25, 0.3) is 5.91 Å². The summed E-state index contributed by atoms with van der Waals surface area (Å²) in [7, 11) is 1.53. The van der Waals surface area contributed by atoms with Crippen molar-refractivity contribution in [3.8, 4) is 5.75 Å². The Bertz CT molecular complexity index is 530. The molecule has 21 heavy (non-hydrogen) atoms. The van der Waals surface area contributed by atoms with Gasteiger partial charge in [0.05, 0.1) is 12.7 Å². The first-order chi connectivity index (χ1) is 10.1. The SMILES string of the molecule is COc1cc(Br)ccc1C(=O)NCCCC(=O)NC1CC1. The van der Waals surface area contributed by atoms with Crippen molar-refractivity contribution >= 4 is 27.7 Å². The van der Waals surface area contributed by atoms with Gasteiger partial charge in [-0.05, 0) is 37.5 Å². The minimum absolute atomic E-state index is 0.0629. The molecule has 114 valence electrons. The molecule has 1 aromatic carbocycles. The van der Waals surface area contributed by atoms with Gasteiger partial charge in [-0.1, -0.05) is 15.9 Å². The second kappa shape index (κ2) is 7.45. The van der Waals surface area contributed by atoms with E-state index < -0.39 is 0 Å². The summed E-state index contributed by atoms with van der Waals surface area (Å²) in [5.41, 5.74) is 0.489. The van der Waals surface area contributed by atoms with Crippen molar-refractivity contribution in [1.29, 1.82) is 0 Å². The Morgan fingerprint density at radius 2 is 2.14 bits per heavy atom. The maximum atomic E-state index is 12.1. The van der Waals surface area contributed by atoms with Gasteiger partial charge in [-0.2, -0.15) is 0 Å². The number of rotatable bonds is 7. The molecular weight excluding hydrogens is 336 g/mol. The van der Waals surface area contributed by atoms with Crippen LogP contribution in [0.4, 0.5) is 0 Å². The fourth-order valence-electron chi connectivity index (χ4n) is 1.93. The summed E-state index contributed by atoms with van der Waals surface area (Å²) in [5, 5.41) is 5.72. The van der Waals surface area contributed by atoms with Crippen molar-refractivity contribution in [3.05, 3.63) is 28.2 Å². The lowest BCUT2D eigenvalue weighted by Gasteiger charge is -2.09. The first-order valence-corrected chi connectivity index (χ1v) is 7.80. The van der Waals surface area contributed by atoms with E-state index in [0.29, 0.717) is 36.7 Å². The summed E-state index contributed by atoms with van der Waals surface area (Å²) in [4.78, 5) is 23.6. The van der Waals surface area contributed by atoms with Crippen LogP contribution in [0.2, 0.25) is 0 Å². The molecule has 1 saturated carbocycles. The van der Waals surface area contributed by atoms with Gasteiger partial charge < -0.3 is 15.4 Å². The van der Waals surface area contributed by atoms with Crippen molar-refractivity contribution in [3.63, 3.8) is 0 Å². The number of benzene rings is 1. The molecule has 0 unspecified atom stereocenters. The Kier molecular flexibility index (Phi) is 5.61. The molecule has 0 atom stereocenters. The second-order valence-electron chi connectivity index (χ2n) is 5.05. The molecule has 1 aliphatic rings. The third kappa shape index (κ3) is 5.04. The highest BCUT2D eigenvalue weighted by Gasteiger charge is 2.22. The molecule has 2 rings (SSSR count). The Labute approximate surface area is 132 Å². The average molecular weight is 355 g/mol. The van der Waals surface area contributed by atoms with Gasteiger partial charge in [-0.15, -0.1) is 0 Å². The van der Waals surface area contributed by atoms with Crippen LogP contribution < -0.4 is 15.4 Å². The zero-order valence-electron chi connectivity index (χ0n) is 11.9. The van der Waals surface area contributed by atoms with E-state index in [0.717, 1.165) is 17.3 Å². The summed E-state index contributed by atoms with van der Waals surface area (Å²) < 4.78 is 6.04. The average Bonchev–Trinajstić information content (AvgIpc) is 3.27. The smallest absolute Gasteiger partial charge is 0.255 e. The van der Waals surface area contributed by atoms with Crippen LogP contribution in [0.1, 0.15) is 36.0 Å². The first-order valence-electron chi connectivity index (χ1n) is 7.01. The standard InChI is InChI=1S/C15H19BrN2O3/c1-21-13-9-10(16)4-7-12(13)15(20)17-8-2-3-14(19)18-11-5-6-11/h4,7,9,11H,2-3,5-6,8H2,1H3,(H,17,20)(H,18,19).